The number of allylic oxidation sites excluding steroid dienone is 1. The molecule has 0 bridgehead atoms. The minimum atomic E-state index is 0.760. The first-order chi connectivity index (χ1) is 8.33. The highest BCUT2D eigenvalue weighted by molar-refractivity contribution is 5.54. The van der Waals surface area contributed by atoms with Crippen LogP contribution in [0.2, 0.25) is 0 Å². The van der Waals surface area contributed by atoms with Gasteiger partial charge in [0.05, 0.1) is 0 Å². The largest absolute Gasteiger partial charge is 0.326 e. The number of rotatable bonds is 5. The van der Waals surface area contributed by atoms with Crippen LogP contribution >= 0.6 is 0 Å². The van der Waals surface area contributed by atoms with Crippen LogP contribution in [0, 0.1) is 0 Å². The molecule has 0 amide bonds. The second-order valence-electron chi connectivity index (χ2n) is 3.87. The minimum absolute atomic E-state index is 0.760. The number of hydrogen-bond acceptors (Lipinski definition) is 2. The number of imidazole rings is 1. The molecule has 3 heteroatoms. The van der Waals surface area contributed by atoms with Crippen LogP contribution in [0.1, 0.15) is 12.5 Å². The van der Waals surface area contributed by atoms with Gasteiger partial charge in [-0.05, 0) is 24.1 Å². The summed E-state index contributed by atoms with van der Waals surface area (Å²) in [5.74, 6) is 0.846. The summed E-state index contributed by atoms with van der Waals surface area (Å²) in [6.07, 6.45) is 6.62. The fourth-order valence-corrected chi connectivity index (χ4v) is 1.72. The number of aryl methyl sites for hydroxylation is 1. The molecule has 0 radical (unpaired) electrons. The Morgan fingerprint density at radius 3 is 3.12 bits per heavy atom. The summed E-state index contributed by atoms with van der Waals surface area (Å²) < 4.78 is 2.02. The molecule has 2 aromatic rings. The second-order valence-corrected chi connectivity index (χ2v) is 3.87. The maximum Gasteiger partial charge on any atom is 0.207 e. The highest BCUT2D eigenvalue weighted by Gasteiger charge is 2.01. The molecule has 2 rings (SSSR count). The van der Waals surface area contributed by atoms with Gasteiger partial charge in [-0.15, -0.1) is 6.58 Å². The van der Waals surface area contributed by atoms with Crippen molar-refractivity contribution >= 4 is 11.6 Å². The Hall–Kier alpha value is -2.03. The van der Waals surface area contributed by atoms with E-state index in [0.717, 1.165) is 24.6 Å². The summed E-state index contributed by atoms with van der Waals surface area (Å²) in [5, 5.41) is 3.32. The lowest BCUT2D eigenvalue weighted by Crippen LogP contribution is -2.02. The molecule has 0 atom stereocenters. The Morgan fingerprint density at radius 2 is 2.35 bits per heavy atom. The molecule has 0 aliphatic rings. The number of nitrogens with one attached hydrogen (secondary N) is 1. The maximum atomic E-state index is 4.29. The van der Waals surface area contributed by atoms with Crippen LogP contribution in [0.3, 0.4) is 0 Å². The fourth-order valence-electron chi connectivity index (χ4n) is 1.72. The van der Waals surface area contributed by atoms with Gasteiger partial charge in [0.2, 0.25) is 5.95 Å². The molecule has 0 aliphatic heterocycles. The lowest BCUT2D eigenvalue weighted by Gasteiger charge is -2.08. The summed E-state index contributed by atoms with van der Waals surface area (Å²) >= 11 is 0. The topological polar surface area (TPSA) is 29.9 Å². The Morgan fingerprint density at radius 1 is 1.47 bits per heavy atom. The molecular formula is C14H17N3. The molecule has 0 spiro atoms. The third kappa shape index (κ3) is 2.75. The molecule has 1 aromatic carbocycles. The number of nitrogens with zero attached hydrogens (tertiary/aromatic N) is 2. The SMILES string of the molecule is C=CCn1ccnc1Nc1cccc(CC)c1. The number of aromatic nitrogens is 2. The van der Waals surface area contributed by atoms with Gasteiger partial charge < -0.3 is 9.88 Å². The Kier molecular flexibility index (Phi) is 3.60. The third-order valence-corrected chi connectivity index (χ3v) is 2.63. The van der Waals surface area contributed by atoms with Crippen LogP contribution < -0.4 is 5.32 Å². The van der Waals surface area contributed by atoms with Gasteiger partial charge >= 0.3 is 0 Å². The molecule has 1 heterocycles. The summed E-state index contributed by atoms with van der Waals surface area (Å²) in [7, 11) is 0. The van der Waals surface area contributed by atoms with E-state index < -0.39 is 0 Å². The Balaban J connectivity index is 2.18. The van der Waals surface area contributed by atoms with Gasteiger partial charge in [0.1, 0.15) is 0 Å². The first-order valence-electron chi connectivity index (χ1n) is 5.81. The van der Waals surface area contributed by atoms with Crippen molar-refractivity contribution in [2.24, 2.45) is 0 Å². The third-order valence-electron chi connectivity index (χ3n) is 2.63. The molecule has 0 unspecified atom stereocenters. The van der Waals surface area contributed by atoms with E-state index in [4.69, 9.17) is 0 Å². The predicted octanol–water partition coefficient (Wildman–Crippen LogP) is 3.38. The fraction of sp³-hybridized carbons (Fsp3) is 0.214. The zero-order valence-corrected chi connectivity index (χ0v) is 10.1. The molecule has 17 heavy (non-hydrogen) atoms. The Bertz CT molecular complexity index is 500. The smallest absolute Gasteiger partial charge is 0.207 e. The van der Waals surface area contributed by atoms with Crippen molar-refractivity contribution in [3.8, 4) is 0 Å². The molecule has 0 saturated carbocycles. The van der Waals surface area contributed by atoms with E-state index in [1.807, 2.05) is 22.9 Å². The average Bonchev–Trinajstić information content (AvgIpc) is 2.78. The van der Waals surface area contributed by atoms with Crippen molar-refractivity contribution in [3.05, 3.63) is 54.9 Å². The van der Waals surface area contributed by atoms with Gasteiger partial charge in [-0.25, -0.2) is 4.98 Å². The molecule has 1 aromatic heterocycles. The summed E-state index contributed by atoms with van der Waals surface area (Å²) in [6.45, 7) is 6.64. The highest BCUT2D eigenvalue weighted by atomic mass is 15.2. The molecule has 88 valence electrons. The summed E-state index contributed by atoms with van der Waals surface area (Å²) in [5.41, 5.74) is 2.39. The number of hydrogen-bond donors (Lipinski definition) is 1. The van der Waals surface area contributed by atoms with E-state index >= 15 is 0 Å². The molecule has 3 nitrogen and oxygen atoms in total. The zero-order chi connectivity index (χ0) is 12.1. The highest BCUT2D eigenvalue weighted by Crippen LogP contribution is 2.16. The summed E-state index contributed by atoms with van der Waals surface area (Å²) in [4.78, 5) is 4.29. The van der Waals surface area contributed by atoms with Crippen molar-refractivity contribution in [2.45, 2.75) is 19.9 Å². The van der Waals surface area contributed by atoms with E-state index in [1.54, 1.807) is 6.20 Å². The maximum absolute atomic E-state index is 4.29. The molecule has 1 N–H and O–H groups in total. The van der Waals surface area contributed by atoms with E-state index in [9.17, 15) is 0 Å². The van der Waals surface area contributed by atoms with Crippen molar-refractivity contribution in [1.82, 2.24) is 9.55 Å². The first kappa shape index (κ1) is 11.5. The van der Waals surface area contributed by atoms with Crippen LogP contribution in [0.5, 0.6) is 0 Å². The Labute approximate surface area is 102 Å². The van der Waals surface area contributed by atoms with Crippen molar-refractivity contribution < 1.29 is 0 Å². The second kappa shape index (κ2) is 5.34. The monoisotopic (exact) mass is 227 g/mol. The molecular weight excluding hydrogens is 210 g/mol. The van der Waals surface area contributed by atoms with Crippen LogP contribution in [0.25, 0.3) is 0 Å². The molecule has 0 aliphatic carbocycles. The zero-order valence-electron chi connectivity index (χ0n) is 10.1. The normalized spacial score (nSPS) is 10.2. The quantitative estimate of drug-likeness (QED) is 0.794. The molecule has 0 saturated heterocycles. The van der Waals surface area contributed by atoms with Crippen molar-refractivity contribution in [2.75, 3.05) is 5.32 Å². The van der Waals surface area contributed by atoms with Gasteiger partial charge in [0, 0.05) is 24.6 Å². The lowest BCUT2D eigenvalue weighted by molar-refractivity contribution is 0.833. The lowest BCUT2D eigenvalue weighted by atomic mass is 10.1. The average molecular weight is 227 g/mol. The number of anilines is 2. The minimum Gasteiger partial charge on any atom is -0.326 e. The number of benzene rings is 1. The van der Waals surface area contributed by atoms with Gasteiger partial charge in [0.15, 0.2) is 0 Å². The van der Waals surface area contributed by atoms with E-state index in [-0.39, 0.29) is 0 Å². The van der Waals surface area contributed by atoms with Crippen LogP contribution in [-0.4, -0.2) is 9.55 Å². The van der Waals surface area contributed by atoms with Gasteiger partial charge in [0.25, 0.3) is 0 Å². The van der Waals surface area contributed by atoms with Crippen LogP contribution in [-0.2, 0) is 13.0 Å². The van der Waals surface area contributed by atoms with Crippen molar-refractivity contribution in [3.63, 3.8) is 0 Å². The van der Waals surface area contributed by atoms with Gasteiger partial charge in [-0.2, -0.15) is 0 Å². The standard InChI is InChI=1S/C14H17N3/c1-3-9-17-10-8-15-14(17)16-13-7-5-6-12(4-2)11-13/h3,5-8,10-11H,1,4,9H2,2H3,(H,15,16). The van der Waals surface area contributed by atoms with E-state index in [2.05, 4.69) is 42.0 Å². The van der Waals surface area contributed by atoms with Crippen LogP contribution in [0.15, 0.2) is 49.3 Å². The van der Waals surface area contributed by atoms with Crippen LogP contribution in [0.4, 0.5) is 11.6 Å². The van der Waals surface area contributed by atoms with E-state index in [0.29, 0.717) is 0 Å². The van der Waals surface area contributed by atoms with Gasteiger partial charge in [-0.3, -0.25) is 0 Å². The van der Waals surface area contributed by atoms with Gasteiger partial charge in [-0.1, -0.05) is 25.1 Å². The summed E-state index contributed by atoms with van der Waals surface area (Å²) in [6, 6.07) is 8.38. The van der Waals surface area contributed by atoms with E-state index in [1.165, 1.54) is 5.56 Å². The van der Waals surface area contributed by atoms with Crippen molar-refractivity contribution in [1.29, 1.82) is 0 Å². The first-order valence-corrected chi connectivity index (χ1v) is 5.81. The molecule has 0 fully saturated rings. The predicted molar refractivity (Wildman–Crippen MR) is 71.5 cm³/mol.